The van der Waals surface area contributed by atoms with Crippen molar-refractivity contribution in [3.8, 4) is 5.75 Å². The van der Waals surface area contributed by atoms with Crippen LogP contribution < -0.4 is 4.74 Å². The van der Waals surface area contributed by atoms with Crippen LogP contribution in [0.5, 0.6) is 5.75 Å². The van der Waals surface area contributed by atoms with E-state index in [0.29, 0.717) is 5.56 Å². The summed E-state index contributed by atoms with van der Waals surface area (Å²) in [7, 11) is 0. The number of benzene rings is 2. The maximum Gasteiger partial charge on any atom is 0.251 e. The lowest BCUT2D eigenvalue weighted by atomic mass is 9.97. The molecule has 3 heterocycles. The van der Waals surface area contributed by atoms with Crippen LogP contribution in [0.15, 0.2) is 74.0 Å². The predicted octanol–water partition coefficient (Wildman–Crippen LogP) is 6.03. The van der Waals surface area contributed by atoms with Gasteiger partial charge in [-0.2, -0.15) is 5.10 Å². The van der Waals surface area contributed by atoms with Gasteiger partial charge in [0.1, 0.15) is 5.75 Å². The molecular weight excluding hydrogens is 504 g/mol. The van der Waals surface area contributed by atoms with Crippen LogP contribution in [0, 0.1) is 0 Å². The average molecular weight is 518 g/mol. The van der Waals surface area contributed by atoms with Gasteiger partial charge in [0.2, 0.25) is 5.78 Å². The fourth-order valence-corrected chi connectivity index (χ4v) is 4.94. The molecular formula is C21H14Br2N2O2S. The Morgan fingerprint density at radius 2 is 1.89 bits per heavy atom. The Balaban J connectivity index is 1.57. The minimum absolute atomic E-state index is 0.0252. The molecule has 0 N–H and O–H groups in total. The van der Waals surface area contributed by atoms with Gasteiger partial charge < -0.3 is 4.74 Å². The largest absolute Gasteiger partial charge is 0.461 e. The Morgan fingerprint density at radius 3 is 2.64 bits per heavy atom. The Bertz CT molecular complexity index is 1080. The second-order valence-corrected chi connectivity index (χ2v) is 9.43. The van der Waals surface area contributed by atoms with Crippen LogP contribution in [-0.4, -0.2) is 22.7 Å². The average Bonchev–Trinajstić information content (AvgIpc) is 3.37. The summed E-state index contributed by atoms with van der Waals surface area (Å²) in [5.74, 6) is 0.643. The van der Waals surface area contributed by atoms with E-state index in [0.717, 1.165) is 37.3 Å². The Kier molecular flexibility index (Phi) is 4.61. The highest BCUT2D eigenvalue weighted by Gasteiger charge is 2.43. The van der Waals surface area contributed by atoms with E-state index in [1.54, 1.807) is 11.3 Å². The van der Waals surface area contributed by atoms with Crippen LogP contribution in [0.4, 0.5) is 0 Å². The van der Waals surface area contributed by atoms with Gasteiger partial charge in [-0.05, 0) is 41.8 Å². The molecule has 0 spiro atoms. The number of hydrazone groups is 1. The number of ketones is 1. The third-order valence-corrected chi connectivity index (χ3v) is 6.85. The summed E-state index contributed by atoms with van der Waals surface area (Å²) >= 11 is 8.62. The Morgan fingerprint density at radius 1 is 1.11 bits per heavy atom. The predicted molar refractivity (Wildman–Crippen MR) is 117 cm³/mol. The Hall–Kier alpha value is -1.96. The van der Waals surface area contributed by atoms with Crippen LogP contribution in [0.1, 0.15) is 33.3 Å². The molecule has 0 fully saturated rings. The number of carbonyl (C=O) groups excluding carboxylic acids is 1. The van der Waals surface area contributed by atoms with Crippen molar-refractivity contribution in [3.63, 3.8) is 0 Å². The van der Waals surface area contributed by atoms with Gasteiger partial charge in [-0.1, -0.05) is 50.1 Å². The zero-order valence-corrected chi connectivity index (χ0v) is 18.5. The maximum absolute atomic E-state index is 13.3. The monoisotopic (exact) mass is 516 g/mol. The number of fused-ring (bicyclic) bond motifs is 3. The van der Waals surface area contributed by atoms with E-state index in [-0.39, 0.29) is 11.8 Å². The first-order valence-electron chi connectivity index (χ1n) is 8.76. The van der Waals surface area contributed by atoms with Crippen molar-refractivity contribution in [1.29, 1.82) is 0 Å². The van der Waals surface area contributed by atoms with E-state index in [9.17, 15) is 4.79 Å². The van der Waals surface area contributed by atoms with Gasteiger partial charge in [-0.15, -0.1) is 11.3 Å². The molecule has 0 amide bonds. The lowest BCUT2D eigenvalue weighted by molar-refractivity contribution is -0.00459. The Labute approximate surface area is 183 Å². The molecule has 2 aliphatic heterocycles. The van der Waals surface area contributed by atoms with Crippen LogP contribution in [0.3, 0.4) is 0 Å². The van der Waals surface area contributed by atoms with Crippen molar-refractivity contribution in [3.05, 3.63) is 84.9 Å². The van der Waals surface area contributed by atoms with Crippen LogP contribution >= 0.6 is 43.2 Å². The summed E-state index contributed by atoms with van der Waals surface area (Å²) in [4.78, 5) is 14.4. The normalized spacial score (nSPS) is 20.2. The standard InChI is InChI=1S/C21H14Br2N2O2S/c22-13-5-3-12(4-6-13)20(26)21-25-17(11-16(24-25)19-2-1-9-28-19)15-10-14(23)7-8-18(15)27-21/h1-10,17,21H,11H2/t17-,21+/m1/s1. The van der Waals surface area contributed by atoms with E-state index < -0.39 is 6.23 Å². The zero-order valence-electron chi connectivity index (χ0n) is 14.5. The van der Waals surface area contributed by atoms with Crippen molar-refractivity contribution in [2.24, 2.45) is 5.10 Å². The zero-order chi connectivity index (χ0) is 19.3. The summed E-state index contributed by atoms with van der Waals surface area (Å²) < 4.78 is 8.07. The molecule has 0 aliphatic carbocycles. The summed E-state index contributed by atoms with van der Waals surface area (Å²) in [6, 6.07) is 17.3. The van der Waals surface area contributed by atoms with Gasteiger partial charge in [0, 0.05) is 26.5 Å². The SMILES string of the molecule is O=C(c1ccc(Br)cc1)[C@@H]1Oc2ccc(Br)cc2[C@H]2CC(c3cccs3)=NN21. The molecule has 2 aliphatic rings. The fraction of sp³-hybridized carbons (Fsp3) is 0.143. The van der Waals surface area contributed by atoms with E-state index in [4.69, 9.17) is 9.84 Å². The van der Waals surface area contributed by atoms with Crippen LogP contribution in [-0.2, 0) is 0 Å². The minimum Gasteiger partial charge on any atom is -0.461 e. The van der Waals surface area contributed by atoms with Crippen molar-refractivity contribution in [2.45, 2.75) is 18.7 Å². The lowest BCUT2D eigenvalue weighted by Gasteiger charge is -2.37. The summed E-state index contributed by atoms with van der Waals surface area (Å²) in [5, 5.41) is 8.69. The highest BCUT2D eigenvalue weighted by Crippen LogP contribution is 2.44. The van der Waals surface area contributed by atoms with Gasteiger partial charge in [-0.3, -0.25) is 4.79 Å². The molecule has 0 radical (unpaired) electrons. The van der Waals surface area contributed by atoms with Crippen molar-refractivity contribution < 1.29 is 9.53 Å². The first kappa shape index (κ1) is 18.1. The molecule has 0 bridgehead atoms. The molecule has 0 unspecified atom stereocenters. The lowest BCUT2D eigenvalue weighted by Crippen LogP contribution is -2.45. The first-order chi connectivity index (χ1) is 13.6. The van der Waals surface area contributed by atoms with E-state index in [2.05, 4.69) is 44.0 Å². The molecule has 1 aromatic heterocycles. The van der Waals surface area contributed by atoms with Crippen molar-refractivity contribution in [1.82, 2.24) is 5.01 Å². The van der Waals surface area contributed by atoms with Gasteiger partial charge in [0.25, 0.3) is 6.23 Å². The number of hydrogen-bond acceptors (Lipinski definition) is 5. The van der Waals surface area contributed by atoms with Crippen LogP contribution in [0.2, 0.25) is 0 Å². The number of nitrogens with zero attached hydrogens (tertiary/aromatic N) is 2. The summed E-state index contributed by atoms with van der Waals surface area (Å²) in [6.45, 7) is 0. The van der Waals surface area contributed by atoms with Crippen LogP contribution in [0.25, 0.3) is 0 Å². The summed E-state index contributed by atoms with van der Waals surface area (Å²) in [6.07, 6.45) is -0.0328. The molecule has 7 heteroatoms. The molecule has 0 saturated heterocycles. The smallest absolute Gasteiger partial charge is 0.251 e. The molecule has 4 nitrogen and oxygen atoms in total. The van der Waals surface area contributed by atoms with E-state index in [1.165, 1.54) is 0 Å². The van der Waals surface area contributed by atoms with Crippen molar-refractivity contribution >= 4 is 54.7 Å². The second kappa shape index (κ2) is 7.13. The number of Topliss-reactive ketones (excluding diaryl/α,β-unsaturated/α-hetero) is 1. The fourth-order valence-electron chi connectivity index (χ4n) is 3.58. The van der Waals surface area contributed by atoms with Gasteiger partial charge >= 0.3 is 0 Å². The van der Waals surface area contributed by atoms with Gasteiger partial charge in [-0.25, -0.2) is 5.01 Å². The van der Waals surface area contributed by atoms with E-state index in [1.807, 2.05) is 52.9 Å². The van der Waals surface area contributed by atoms with Crippen molar-refractivity contribution in [2.75, 3.05) is 0 Å². The number of ether oxygens (including phenoxy) is 1. The number of thiophene rings is 1. The molecule has 140 valence electrons. The maximum atomic E-state index is 13.3. The molecule has 3 aromatic rings. The number of hydrogen-bond donors (Lipinski definition) is 0. The molecule has 5 rings (SSSR count). The highest BCUT2D eigenvalue weighted by molar-refractivity contribution is 9.10. The van der Waals surface area contributed by atoms with Gasteiger partial charge in [0.05, 0.1) is 16.6 Å². The third-order valence-electron chi connectivity index (χ3n) is 4.91. The quantitative estimate of drug-likeness (QED) is 0.398. The molecule has 0 saturated carbocycles. The van der Waals surface area contributed by atoms with Gasteiger partial charge in [0.15, 0.2) is 0 Å². The number of halogens is 2. The number of rotatable bonds is 3. The molecule has 2 atom stereocenters. The highest BCUT2D eigenvalue weighted by atomic mass is 79.9. The minimum atomic E-state index is -0.780. The topological polar surface area (TPSA) is 41.9 Å². The first-order valence-corrected chi connectivity index (χ1v) is 11.2. The summed E-state index contributed by atoms with van der Waals surface area (Å²) in [5.41, 5.74) is 2.64. The van der Waals surface area contributed by atoms with E-state index >= 15 is 0 Å². The number of carbonyl (C=O) groups is 1. The molecule has 2 aromatic carbocycles. The molecule has 28 heavy (non-hydrogen) atoms. The second-order valence-electron chi connectivity index (χ2n) is 6.65. The third kappa shape index (κ3) is 3.11.